The molecule has 0 aliphatic carbocycles. The van der Waals surface area contributed by atoms with Crippen LogP contribution in [0.15, 0.2) is 60.7 Å². The summed E-state index contributed by atoms with van der Waals surface area (Å²) in [5.74, 6) is -2.03. The lowest BCUT2D eigenvalue weighted by atomic mass is 9.92. The highest BCUT2D eigenvalue weighted by molar-refractivity contribution is 6.28. The first kappa shape index (κ1) is 33.8. The Hall–Kier alpha value is -5.37. The molecule has 268 valence electrons. The van der Waals surface area contributed by atoms with E-state index in [9.17, 15) is 24.0 Å². The maximum atomic E-state index is 13.5. The number of benzene rings is 4. The van der Waals surface area contributed by atoms with Gasteiger partial charge in [-0.25, -0.2) is 0 Å². The fraction of sp³-hybridized carbons (Fsp3) is 0.359. The molecule has 4 aromatic rings. The van der Waals surface area contributed by atoms with Gasteiger partial charge in [0.15, 0.2) is 0 Å². The lowest BCUT2D eigenvalue weighted by Gasteiger charge is -2.32. The minimum atomic E-state index is -0.489. The fourth-order valence-corrected chi connectivity index (χ4v) is 7.72. The molecule has 4 aliphatic rings. The highest BCUT2D eigenvalue weighted by Crippen LogP contribution is 2.37. The maximum absolute atomic E-state index is 13.5. The monoisotopic (exact) mass is 704 g/mol. The molecule has 0 radical (unpaired) electrons. The van der Waals surface area contributed by atoms with Gasteiger partial charge in [0, 0.05) is 101 Å². The fourth-order valence-electron chi connectivity index (χ4n) is 7.72. The summed E-state index contributed by atoms with van der Waals surface area (Å²) in [5, 5.41) is 9.11. The molecule has 2 saturated heterocycles. The molecule has 0 unspecified atom stereocenters. The van der Waals surface area contributed by atoms with E-state index in [-0.39, 0.29) is 24.9 Å². The van der Waals surface area contributed by atoms with Gasteiger partial charge < -0.3 is 29.9 Å². The number of hydrogen-bond donors (Lipinski definition) is 2. The van der Waals surface area contributed by atoms with Crippen molar-refractivity contribution < 1.29 is 33.4 Å². The third kappa shape index (κ3) is 6.04. The lowest BCUT2D eigenvalue weighted by Crippen LogP contribution is -2.46. The van der Waals surface area contributed by atoms with Gasteiger partial charge in [0.1, 0.15) is 6.54 Å². The van der Waals surface area contributed by atoms with Crippen molar-refractivity contribution in [1.82, 2.24) is 20.4 Å². The smallest absolute Gasteiger partial charge is 0.261 e. The maximum Gasteiger partial charge on any atom is 0.261 e. The molecular weight excluding hydrogens is 664 g/mol. The number of carbonyl (C=O) groups excluding carboxylic acids is 5. The molecule has 2 N–H and O–H groups in total. The molecule has 8 rings (SSSR count). The minimum absolute atomic E-state index is 0.201. The summed E-state index contributed by atoms with van der Waals surface area (Å²) >= 11 is 0. The Morgan fingerprint density at radius 1 is 0.577 bits per heavy atom. The zero-order valence-corrected chi connectivity index (χ0v) is 28.8. The average molecular weight is 705 g/mol. The largest absolute Gasteiger partial charge is 0.378 e. The standard InChI is InChI=1S/C39H40N6O7/c46-33(24-45-38(49)28-7-2-5-26-32(43-18-22-52-23-19-43)11-9-30(35(26)28)39(45)50)41-13-3-12-40-14-15-44-36(47)27-6-1-4-25-31(42-16-20-51-21-17-42)10-8-29(34(25)27)37(44)48/h1-2,4-11,40H,3,12-24H2,(H,41,46). The Morgan fingerprint density at radius 3 is 1.58 bits per heavy atom. The number of anilines is 2. The molecule has 0 saturated carbocycles. The predicted octanol–water partition coefficient (Wildman–Crippen LogP) is 2.65. The van der Waals surface area contributed by atoms with Crippen LogP contribution in [-0.2, 0) is 14.3 Å². The van der Waals surface area contributed by atoms with Gasteiger partial charge in [-0.1, -0.05) is 24.3 Å². The second-order valence-corrected chi connectivity index (χ2v) is 13.3. The number of hydrogen-bond acceptors (Lipinski definition) is 10. The molecule has 4 aliphatic heterocycles. The lowest BCUT2D eigenvalue weighted by molar-refractivity contribution is -0.121. The zero-order chi connectivity index (χ0) is 35.8. The van der Waals surface area contributed by atoms with Gasteiger partial charge in [0.05, 0.1) is 26.4 Å². The van der Waals surface area contributed by atoms with E-state index in [1.54, 1.807) is 18.2 Å². The Balaban J connectivity index is 0.822. The van der Waals surface area contributed by atoms with Gasteiger partial charge in [-0.3, -0.25) is 33.8 Å². The van der Waals surface area contributed by atoms with Crippen LogP contribution < -0.4 is 20.4 Å². The third-order valence-corrected chi connectivity index (χ3v) is 10.3. The number of amides is 5. The van der Waals surface area contributed by atoms with Gasteiger partial charge in [-0.15, -0.1) is 0 Å². The molecule has 5 amide bonds. The van der Waals surface area contributed by atoms with Crippen LogP contribution in [0.1, 0.15) is 47.9 Å². The summed E-state index contributed by atoms with van der Waals surface area (Å²) in [6, 6.07) is 18.5. The number of nitrogens with zero attached hydrogens (tertiary/aromatic N) is 4. The van der Waals surface area contributed by atoms with Crippen LogP contribution in [0.2, 0.25) is 0 Å². The highest BCUT2D eigenvalue weighted by Gasteiger charge is 2.36. The number of imide groups is 2. The molecule has 4 heterocycles. The van der Waals surface area contributed by atoms with Gasteiger partial charge in [-0.2, -0.15) is 0 Å². The van der Waals surface area contributed by atoms with Crippen LogP contribution >= 0.6 is 0 Å². The molecule has 13 nitrogen and oxygen atoms in total. The second kappa shape index (κ2) is 14.3. The minimum Gasteiger partial charge on any atom is -0.378 e. The van der Waals surface area contributed by atoms with Crippen molar-refractivity contribution in [3.05, 3.63) is 82.9 Å². The van der Waals surface area contributed by atoms with E-state index < -0.39 is 17.7 Å². The molecule has 13 heteroatoms. The Kier molecular flexibility index (Phi) is 9.30. The molecule has 2 fully saturated rings. The Morgan fingerprint density at radius 2 is 1.06 bits per heavy atom. The topological polar surface area (TPSA) is 141 Å². The first-order valence-corrected chi connectivity index (χ1v) is 17.9. The summed E-state index contributed by atoms with van der Waals surface area (Å²) in [6.45, 7) is 6.51. The summed E-state index contributed by atoms with van der Waals surface area (Å²) in [6.07, 6.45) is 0.564. The van der Waals surface area contributed by atoms with Crippen molar-refractivity contribution in [2.45, 2.75) is 6.42 Å². The van der Waals surface area contributed by atoms with Gasteiger partial charge >= 0.3 is 0 Å². The molecule has 0 aromatic heterocycles. The number of nitrogens with one attached hydrogen (secondary N) is 2. The quantitative estimate of drug-likeness (QED) is 0.177. The summed E-state index contributed by atoms with van der Waals surface area (Å²) in [4.78, 5) is 73.6. The van der Waals surface area contributed by atoms with Gasteiger partial charge in [-0.05, 0) is 49.4 Å². The SMILES string of the molecule is O=C(CN1C(=O)c2cccc3c(N4CCOCC4)ccc(c23)C1=O)NCCCNCCN1C(=O)c2cccc3c(N4CCOCC4)ccc(c23)C1=O. The average Bonchev–Trinajstić information content (AvgIpc) is 3.18. The van der Waals surface area contributed by atoms with Crippen LogP contribution in [0.5, 0.6) is 0 Å². The van der Waals surface area contributed by atoms with Crippen molar-refractivity contribution in [2.24, 2.45) is 0 Å². The van der Waals surface area contributed by atoms with Crippen LogP contribution in [-0.4, -0.2) is 125 Å². The number of rotatable bonds is 11. The molecule has 0 spiro atoms. The van der Waals surface area contributed by atoms with E-state index in [1.165, 1.54) is 4.90 Å². The zero-order valence-electron chi connectivity index (χ0n) is 28.8. The Bertz CT molecular complexity index is 2060. The van der Waals surface area contributed by atoms with E-state index >= 15 is 0 Å². The summed E-state index contributed by atoms with van der Waals surface area (Å²) < 4.78 is 11.0. The van der Waals surface area contributed by atoms with E-state index in [2.05, 4.69) is 20.4 Å². The van der Waals surface area contributed by atoms with Gasteiger partial charge in [0.2, 0.25) is 5.91 Å². The van der Waals surface area contributed by atoms with E-state index in [4.69, 9.17) is 9.47 Å². The molecule has 4 aromatic carbocycles. The van der Waals surface area contributed by atoms with Crippen LogP contribution in [0, 0.1) is 0 Å². The third-order valence-electron chi connectivity index (χ3n) is 10.3. The highest BCUT2D eigenvalue weighted by atomic mass is 16.5. The molecular formula is C39H40N6O7. The first-order valence-electron chi connectivity index (χ1n) is 17.9. The second-order valence-electron chi connectivity index (χ2n) is 13.3. The van der Waals surface area contributed by atoms with Crippen LogP contribution in [0.4, 0.5) is 11.4 Å². The normalized spacial score (nSPS) is 17.5. The molecule has 52 heavy (non-hydrogen) atoms. The summed E-state index contributed by atoms with van der Waals surface area (Å²) in [5.41, 5.74) is 3.81. The van der Waals surface area contributed by atoms with Crippen molar-refractivity contribution in [2.75, 3.05) is 95.1 Å². The number of ether oxygens (including phenoxy) is 2. The van der Waals surface area contributed by atoms with E-state index in [0.29, 0.717) is 85.5 Å². The first-order chi connectivity index (χ1) is 25.4. The molecule has 0 bridgehead atoms. The van der Waals surface area contributed by atoms with Gasteiger partial charge in [0.25, 0.3) is 23.6 Å². The van der Waals surface area contributed by atoms with Crippen LogP contribution in [0.3, 0.4) is 0 Å². The van der Waals surface area contributed by atoms with Crippen molar-refractivity contribution in [3.8, 4) is 0 Å². The van der Waals surface area contributed by atoms with E-state index in [0.717, 1.165) is 53.2 Å². The van der Waals surface area contributed by atoms with E-state index in [1.807, 2.05) is 42.5 Å². The molecule has 0 atom stereocenters. The van der Waals surface area contributed by atoms with Crippen LogP contribution in [0.25, 0.3) is 21.5 Å². The number of carbonyl (C=O) groups is 5. The Labute approximate surface area is 300 Å². The predicted molar refractivity (Wildman–Crippen MR) is 195 cm³/mol. The van der Waals surface area contributed by atoms with Crippen molar-refractivity contribution in [1.29, 1.82) is 0 Å². The van der Waals surface area contributed by atoms with Crippen molar-refractivity contribution >= 4 is 62.5 Å². The number of morpholine rings is 2. The van der Waals surface area contributed by atoms with Crippen molar-refractivity contribution in [3.63, 3.8) is 0 Å². The summed E-state index contributed by atoms with van der Waals surface area (Å²) in [7, 11) is 0.